The fourth-order valence-electron chi connectivity index (χ4n) is 1.91. The number of carbonyl (C=O) groups is 2. The van der Waals surface area contributed by atoms with Gasteiger partial charge in [0.25, 0.3) is 11.8 Å². The number of rotatable bonds is 6. The fourth-order valence-corrected chi connectivity index (χ4v) is 3.67. The molecular formula is C15H15BrN2O4S2. The lowest BCUT2D eigenvalue weighted by molar-refractivity contribution is -0.121. The second-order valence-corrected chi connectivity index (χ2v) is 7.29. The largest absolute Gasteiger partial charge is 0.490 e. The topological polar surface area (TPSA) is 81.9 Å². The van der Waals surface area contributed by atoms with Crippen molar-refractivity contribution in [3.63, 3.8) is 0 Å². The van der Waals surface area contributed by atoms with Crippen molar-refractivity contribution in [3.05, 3.63) is 27.1 Å². The minimum atomic E-state index is -0.583. The summed E-state index contributed by atoms with van der Waals surface area (Å²) in [7, 11) is 1.64. The lowest BCUT2D eigenvalue weighted by atomic mass is 10.2. The Hall–Kier alpha value is -1.58. The smallest absolute Gasteiger partial charge is 0.265 e. The molecule has 0 unspecified atom stereocenters. The van der Waals surface area contributed by atoms with Gasteiger partial charge in [-0.25, -0.2) is 0 Å². The standard InChI is InChI=1S/C15H15BrN2O4S2/c1-3-21-10-5-8(4-9(16)13(10)22-7-12(17)19)6-11-14(20)18(2)15(23)24-11/h4-6H,3,7H2,1-2H3,(H2,17,19). The first-order valence-electron chi connectivity index (χ1n) is 6.92. The van der Waals surface area contributed by atoms with Gasteiger partial charge in [0, 0.05) is 7.05 Å². The molecule has 1 saturated heterocycles. The van der Waals surface area contributed by atoms with Gasteiger partial charge in [-0.05, 0) is 46.6 Å². The zero-order valence-electron chi connectivity index (χ0n) is 13.0. The molecule has 128 valence electrons. The summed E-state index contributed by atoms with van der Waals surface area (Å²) in [5.74, 6) is 0.107. The van der Waals surface area contributed by atoms with Gasteiger partial charge in [-0.3, -0.25) is 14.5 Å². The highest BCUT2D eigenvalue weighted by Gasteiger charge is 2.28. The van der Waals surface area contributed by atoms with Gasteiger partial charge < -0.3 is 15.2 Å². The summed E-state index contributed by atoms with van der Waals surface area (Å²) in [6.07, 6.45) is 1.73. The van der Waals surface area contributed by atoms with Crippen molar-refractivity contribution in [1.29, 1.82) is 0 Å². The van der Waals surface area contributed by atoms with Crippen molar-refractivity contribution < 1.29 is 19.1 Å². The van der Waals surface area contributed by atoms with Crippen LogP contribution in [0.4, 0.5) is 0 Å². The number of thiocarbonyl (C=S) groups is 1. The maximum absolute atomic E-state index is 12.1. The van der Waals surface area contributed by atoms with E-state index in [2.05, 4.69) is 15.9 Å². The third-order valence-corrected chi connectivity index (χ3v) is 5.05. The Morgan fingerprint density at radius 1 is 1.46 bits per heavy atom. The number of halogens is 1. The Balaban J connectivity index is 2.37. The molecule has 1 aliphatic rings. The number of hydrogen-bond acceptors (Lipinski definition) is 6. The number of carbonyl (C=O) groups excluding carboxylic acids is 2. The second kappa shape index (κ2) is 8.00. The first kappa shape index (κ1) is 18.8. The van der Waals surface area contributed by atoms with Gasteiger partial charge in [-0.2, -0.15) is 0 Å². The molecular weight excluding hydrogens is 416 g/mol. The maximum Gasteiger partial charge on any atom is 0.265 e. The SMILES string of the molecule is CCOc1cc(C=C2SC(=S)N(C)C2=O)cc(Br)c1OCC(N)=O. The Morgan fingerprint density at radius 2 is 2.17 bits per heavy atom. The van der Waals surface area contributed by atoms with E-state index in [9.17, 15) is 9.59 Å². The van der Waals surface area contributed by atoms with Crippen LogP contribution in [0.5, 0.6) is 11.5 Å². The maximum atomic E-state index is 12.1. The molecule has 1 aromatic carbocycles. The normalized spacial score (nSPS) is 16.0. The molecule has 1 fully saturated rings. The highest BCUT2D eigenvalue weighted by molar-refractivity contribution is 9.10. The van der Waals surface area contributed by atoms with E-state index in [1.54, 1.807) is 25.3 Å². The summed E-state index contributed by atoms with van der Waals surface area (Å²) in [5, 5.41) is 0. The van der Waals surface area contributed by atoms with Gasteiger partial charge in [-0.1, -0.05) is 24.0 Å². The van der Waals surface area contributed by atoms with Crippen molar-refractivity contribution in [2.75, 3.05) is 20.3 Å². The molecule has 0 radical (unpaired) electrons. The van der Waals surface area contributed by atoms with Gasteiger partial charge in [0.15, 0.2) is 18.1 Å². The number of nitrogens with two attached hydrogens (primary N) is 1. The van der Waals surface area contributed by atoms with E-state index in [4.69, 9.17) is 27.4 Å². The Kier molecular flexibility index (Phi) is 6.25. The zero-order valence-corrected chi connectivity index (χ0v) is 16.2. The number of likely N-dealkylation sites (N-methyl/N-ethyl adjacent to an activating group) is 1. The molecule has 1 aliphatic heterocycles. The molecule has 9 heteroatoms. The van der Waals surface area contributed by atoms with E-state index in [1.165, 1.54) is 16.7 Å². The molecule has 0 atom stereocenters. The van der Waals surface area contributed by atoms with E-state index in [0.29, 0.717) is 31.8 Å². The van der Waals surface area contributed by atoms with E-state index < -0.39 is 5.91 Å². The second-order valence-electron chi connectivity index (χ2n) is 4.76. The molecule has 0 aliphatic carbocycles. The minimum absolute atomic E-state index is 0.145. The number of thioether (sulfide) groups is 1. The van der Waals surface area contributed by atoms with Crippen molar-refractivity contribution in [2.45, 2.75) is 6.92 Å². The van der Waals surface area contributed by atoms with Crippen LogP contribution in [0, 0.1) is 0 Å². The van der Waals surface area contributed by atoms with Crippen LogP contribution in [-0.4, -0.2) is 41.3 Å². The first-order chi connectivity index (χ1) is 11.3. The van der Waals surface area contributed by atoms with Crippen molar-refractivity contribution >= 4 is 62.1 Å². The van der Waals surface area contributed by atoms with Crippen molar-refractivity contribution in [2.24, 2.45) is 5.73 Å². The van der Waals surface area contributed by atoms with Crippen LogP contribution in [0.1, 0.15) is 12.5 Å². The number of amides is 2. The quantitative estimate of drug-likeness (QED) is 0.551. The molecule has 0 aromatic heterocycles. The molecule has 24 heavy (non-hydrogen) atoms. The Bertz CT molecular complexity index is 736. The third-order valence-electron chi connectivity index (χ3n) is 2.97. The van der Waals surface area contributed by atoms with E-state index >= 15 is 0 Å². The summed E-state index contributed by atoms with van der Waals surface area (Å²) in [4.78, 5) is 25.0. The van der Waals surface area contributed by atoms with Gasteiger partial charge >= 0.3 is 0 Å². The van der Waals surface area contributed by atoms with Crippen LogP contribution in [-0.2, 0) is 9.59 Å². The molecule has 0 bridgehead atoms. The number of nitrogens with zero attached hydrogens (tertiary/aromatic N) is 1. The molecule has 1 heterocycles. The Morgan fingerprint density at radius 3 is 2.71 bits per heavy atom. The summed E-state index contributed by atoms with van der Waals surface area (Å²) in [6.45, 7) is 1.99. The predicted octanol–water partition coefficient (Wildman–Crippen LogP) is 2.54. The van der Waals surface area contributed by atoms with E-state index in [-0.39, 0.29) is 12.5 Å². The average molecular weight is 431 g/mol. The molecule has 0 spiro atoms. The Labute approximate surface area is 157 Å². The molecule has 2 N–H and O–H groups in total. The predicted molar refractivity (Wildman–Crippen MR) is 101 cm³/mol. The van der Waals surface area contributed by atoms with Crippen LogP contribution in [0.25, 0.3) is 6.08 Å². The lowest BCUT2D eigenvalue weighted by Crippen LogP contribution is -2.22. The van der Waals surface area contributed by atoms with Crippen LogP contribution >= 0.6 is 39.9 Å². The van der Waals surface area contributed by atoms with Crippen LogP contribution in [0.2, 0.25) is 0 Å². The highest BCUT2D eigenvalue weighted by Crippen LogP contribution is 2.39. The van der Waals surface area contributed by atoms with Gasteiger partial charge in [0.1, 0.15) is 4.32 Å². The van der Waals surface area contributed by atoms with Crippen LogP contribution in [0.3, 0.4) is 0 Å². The monoisotopic (exact) mass is 430 g/mol. The first-order valence-corrected chi connectivity index (χ1v) is 8.94. The van der Waals surface area contributed by atoms with Crippen LogP contribution in [0.15, 0.2) is 21.5 Å². The number of ether oxygens (including phenoxy) is 2. The number of benzene rings is 1. The minimum Gasteiger partial charge on any atom is -0.490 e. The zero-order chi connectivity index (χ0) is 17.9. The third kappa shape index (κ3) is 4.28. The highest BCUT2D eigenvalue weighted by atomic mass is 79.9. The molecule has 1 aromatic rings. The summed E-state index contributed by atoms with van der Waals surface area (Å²) in [5.41, 5.74) is 5.85. The van der Waals surface area contributed by atoms with Crippen molar-refractivity contribution in [3.8, 4) is 11.5 Å². The number of hydrogen-bond donors (Lipinski definition) is 1. The fraction of sp³-hybridized carbons (Fsp3) is 0.267. The van der Waals surface area contributed by atoms with Crippen molar-refractivity contribution in [1.82, 2.24) is 4.90 Å². The van der Waals surface area contributed by atoms with Crippen LogP contribution < -0.4 is 15.2 Å². The van der Waals surface area contributed by atoms with Gasteiger partial charge in [0.05, 0.1) is 16.0 Å². The molecule has 2 amide bonds. The van der Waals surface area contributed by atoms with Gasteiger partial charge in [0.2, 0.25) is 0 Å². The average Bonchev–Trinajstić information content (AvgIpc) is 2.74. The summed E-state index contributed by atoms with van der Waals surface area (Å²) in [6, 6.07) is 3.49. The van der Waals surface area contributed by atoms with Gasteiger partial charge in [-0.15, -0.1) is 0 Å². The van der Waals surface area contributed by atoms with E-state index in [1.807, 2.05) is 6.92 Å². The molecule has 6 nitrogen and oxygen atoms in total. The lowest BCUT2D eigenvalue weighted by Gasteiger charge is -2.14. The molecule has 2 rings (SSSR count). The molecule has 0 saturated carbocycles. The summed E-state index contributed by atoms with van der Waals surface area (Å²) >= 11 is 9.75. The summed E-state index contributed by atoms with van der Waals surface area (Å²) < 4.78 is 12.1. The number of primary amides is 1. The van der Waals surface area contributed by atoms with E-state index in [0.717, 1.165) is 5.56 Å².